The Morgan fingerprint density at radius 2 is 1.82 bits per heavy atom. The molecule has 1 aromatic heterocycles. The lowest BCUT2D eigenvalue weighted by atomic mass is 9.96. The second-order valence-electron chi connectivity index (χ2n) is 5.79. The van der Waals surface area contributed by atoms with Crippen molar-refractivity contribution in [1.29, 1.82) is 0 Å². The smallest absolute Gasteiger partial charge is 0.253 e. The average molecular weight is 299 g/mol. The molecule has 1 aliphatic carbocycles. The van der Waals surface area contributed by atoms with E-state index in [1.807, 2.05) is 24.3 Å². The van der Waals surface area contributed by atoms with Crippen LogP contribution < -0.4 is 5.32 Å². The van der Waals surface area contributed by atoms with E-state index < -0.39 is 0 Å². The molecule has 6 nitrogen and oxygen atoms in total. The lowest BCUT2D eigenvalue weighted by molar-refractivity contribution is 0.0930. The normalized spacial score (nSPS) is 16.7. The van der Waals surface area contributed by atoms with Gasteiger partial charge in [-0.25, -0.2) is 0 Å². The quantitative estimate of drug-likeness (QED) is 0.945. The Morgan fingerprint density at radius 1 is 1.09 bits per heavy atom. The molecule has 22 heavy (non-hydrogen) atoms. The van der Waals surface area contributed by atoms with Gasteiger partial charge in [0.25, 0.3) is 5.91 Å². The van der Waals surface area contributed by atoms with Gasteiger partial charge in [0.2, 0.25) is 0 Å². The van der Waals surface area contributed by atoms with Crippen LogP contribution in [0, 0.1) is 0 Å². The van der Waals surface area contributed by atoms with E-state index in [4.69, 9.17) is 0 Å². The maximum absolute atomic E-state index is 12.6. The maximum atomic E-state index is 12.6. The molecule has 0 spiro atoms. The number of rotatable bonds is 3. The van der Waals surface area contributed by atoms with E-state index in [9.17, 15) is 4.79 Å². The first-order valence-electron chi connectivity index (χ1n) is 7.98. The molecule has 2 aromatic rings. The van der Waals surface area contributed by atoms with E-state index in [1.54, 1.807) is 0 Å². The standard InChI is InChI=1S/C16H21N5O/c22-16(18-13-8-4-2-1-3-5-9-13)14-10-6-7-11-15(14)21-12-17-19-20-21/h6-7,10-13H,1-5,8-9H2,(H,18,22). The third kappa shape index (κ3) is 3.50. The van der Waals surface area contributed by atoms with Crippen molar-refractivity contribution in [3.63, 3.8) is 0 Å². The van der Waals surface area contributed by atoms with Crippen molar-refractivity contribution < 1.29 is 4.79 Å². The fourth-order valence-electron chi connectivity index (χ4n) is 3.00. The minimum atomic E-state index is -0.0447. The minimum Gasteiger partial charge on any atom is -0.349 e. The van der Waals surface area contributed by atoms with Crippen LogP contribution in [0.2, 0.25) is 0 Å². The van der Waals surface area contributed by atoms with E-state index in [0.717, 1.165) is 12.8 Å². The molecule has 1 heterocycles. The summed E-state index contributed by atoms with van der Waals surface area (Å²) in [5.41, 5.74) is 1.31. The topological polar surface area (TPSA) is 72.7 Å². The number of nitrogens with zero attached hydrogens (tertiary/aromatic N) is 4. The van der Waals surface area contributed by atoms with E-state index in [-0.39, 0.29) is 11.9 Å². The van der Waals surface area contributed by atoms with Gasteiger partial charge in [-0.1, -0.05) is 44.2 Å². The monoisotopic (exact) mass is 299 g/mol. The van der Waals surface area contributed by atoms with Crippen LogP contribution >= 0.6 is 0 Å². The van der Waals surface area contributed by atoms with Crippen LogP contribution in [-0.2, 0) is 0 Å². The molecule has 1 N–H and O–H groups in total. The zero-order valence-corrected chi connectivity index (χ0v) is 12.6. The summed E-state index contributed by atoms with van der Waals surface area (Å²) in [6.07, 6.45) is 9.89. The number of benzene rings is 1. The Kier molecular flexibility index (Phi) is 4.78. The molecule has 1 saturated carbocycles. The summed E-state index contributed by atoms with van der Waals surface area (Å²) >= 11 is 0. The molecule has 116 valence electrons. The first-order chi connectivity index (χ1) is 10.8. The highest BCUT2D eigenvalue weighted by molar-refractivity contribution is 5.97. The molecule has 1 amide bonds. The second kappa shape index (κ2) is 7.15. The highest BCUT2D eigenvalue weighted by Gasteiger charge is 2.18. The summed E-state index contributed by atoms with van der Waals surface area (Å²) in [6.45, 7) is 0. The number of hydrogen-bond donors (Lipinski definition) is 1. The predicted octanol–water partition coefficient (Wildman–Crippen LogP) is 2.51. The van der Waals surface area contributed by atoms with Gasteiger partial charge < -0.3 is 5.32 Å². The Bertz CT molecular complexity index is 603. The van der Waals surface area contributed by atoms with Crippen molar-refractivity contribution in [3.05, 3.63) is 36.2 Å². The van der Waals surface area contributed by atoms with Crippen LogP contribution in [0.1, 0.15) is 55.3 Å². The van der Waals surface area contributed by atoms with Crippen molar-refractivity contribution in [2.45, 2.75) is 51.0 Å². The molecule has 0 saturated heterocycles. The Balaban J connectivity index is 1.74. The van der Waals surface area contributed by atoms with Crippen molar-refractivity contribution >= 4 is 5.91 Å². The van der Waals surface area contributed by atoms with Gasteiger partial charge in [-0.05, 0) is 35.4 Å². The number of para-hydroxylation sites is 1. The van der Waals surface area contributed by atoms with Crippen molar-refractivity contribution in [3.8, 4) is 5.69 Å². The van der Waals surface area contributed by atoms with E-state index in [2.05, 4.69) is 20.8 Å². The van der Waals surface area contributed by atoms with Crippen LogP contribution in [-0.4, -0.2) is 32.2 Å². The van der Waals surface area contributed by atoms with Crippen LogP contribution in [0.3, 0.4) is 0 Å². The first-order valence-corrected chi connectivity index (χ1v) is 7.98. The molecule has 0 atom stereocenters. The fraction of sp³-hybridized carbons (Fsp3) is 0.500. The van der Waals surface area contributed by atoms with Gasteiger partial charge in [0.05, 0.1) is 11.3 Å². The molecule has 0 aliphatic heterocycles. The van der Waals surface area contributed by atoms with Crippen LogP contribution in [0.5, 0.6) is 0 Å². The van der Waals surface area contributed by atoms with E-state index in [1.165, 1.54) is 43.1 Å². The fourth-order valence-corrected chi connectivity index (χ4v) is 3.00. The van der Waals surface area contributed by atoms with Crippen molar-refractivity contribution in [1.82, 2.24) is 25.5 Å². The molecule has 0 radical (unpaired) electrons. The zero-order valence-electron chi connectivity index (χ0n) is 12.6. The summed E-state index contributed by atoms with van der Waals surface area (Å²) < 4.78 is 1.52. The summed E-state index contributed by atoms with van der Waals surface area (Å²) in [4.78, 5) is 12.6. The van der Waals surface area contributed by atoms with Crippen LogP contribution in [0.25, 0.3) is 5.69 Å². The van der Waals surface area contributed by atoms with Gasteiger partial charge in [0.15, 0.2) is 0 Å². The molecule has 1 aliphatic rings. The summed E-state index contributed by atoms with van der Waals surface area (Å²) in [7, 11) is 0. The average Bonchev–Trinajstić information content (AvgIpc) is 3.04. The van der Waals surface area contributed by atoms with Crippen LogP contribution in [0.4, 0.5) is 0 Å². The number of amides is 1. The SMILES string of the molecule is O=C(NC1CCCCCCC1)c1ccccc1-n1cnnn1. The third-order valence-electron chi connectivity index (χ3n) is 4.18. The molecule has 1 fully saturated rings. The van der Waals surface area contributed by atoms with Gasteiger partial charge in [-0.3, -0.25) is 4.79 Å². The lowest BCUT2D eigenvalue weighted by Crippen LogP contribution is -2.35. The summed E-state index contributed by atoms with van der Waals surface area (Å²) in [5, 5.41) is 14.3. The largest absolute Gasteiger partial charge is 0.349 e. The van der Waals surface area contributed by atoms with Gasteiger partial charge in [-0.2, -0.15) is 4.68 Å². The zero-order chi connectivity index (χ0) is 15.2. The summed E-state index contributed by atoms with van der Waals surface area (Å²) in [5.74, 6) is -0.0447. The van der Waals surface area contributed by atoms with E-state index >= 15 is 0 Å². The number of aromatic nitrogens is 4. The second-order valence-corrected chi connectivity index (χ2v) is 5.79. The number of carbonyl (C=O) groups excluding carboxylic acids is 1. The molecular formula is C16H21N5O. The Labute approximate surface area is 129 Å². The lowest BCUT2D eigenvalue weighted by Gasteiger charge is -2.21. The maximum Gasteiger partial charge on any atom is 0.253 e. The van der Waals surface area contributed by atoms with Gasteiger partial charge in [-0.15, -0.1) is 5.10 Å². The molecule has 1 aromatic carbocycles. The van der Waals surface area contributed by atoms with Crippen LogP contribution in [0.15, 0.2) is 30.6 Å². The van der Waals surface area contributed by atoms with E-state index in [0.29, 0.717) is 11.3 Å². The molecule has 0 bridgehead atoms. The third-order valence-corrected chi connectivity index (χ3v) is 4.18. The summed E-state index contributed by atoms with van der Waals surface area (Å²) in [6, 6.07) is 7.68. The van der Waals surface area contributed by atoms with Crippen molar-refractivity contribution in [2.75, 3.05) is 0 Å². The molecular weight excluding hydrogens is 278 g/mol. The van der Waals surface area contributed by atoms with Gasteiger partial charge in [0, 0.05) is 6.04 Å². The molecule has 3 rings (SSSR count). The minimum absolute atomic E-state index is 0.0447. The first kappa shape index (κ1) is 14.7. The molecule has 0 unspecified atom stereocenters. The number of tetrazole rings is 1. The van der Waals surface area contributed by atoms with Gasteiger partial charge >= 0.3 is 0 Å². The molecule has 6 heteroatoms. The Hall–Kier alpha value is -2.24. The van der Waals surface area contributed by atoms with Gasteiger partial charge in [0.1, 0.15) is 6.33 Å². The number of nitrogens with one attached hydrogen (secondary N) is 1. The number of carbonyl (C=O) groups is 1. The van der Waals surface area contributed by atoms with Crippen molar-refractivity contribution in [2.24, 2.45) is 0 Å². The highest BCUT2D eigenvalue weighted by atomic mass is 16.1. The Morgan fingerprint density at radius 3 is 2.55 bits per heavy atom. The predicted molar refractivity (Wildman–Crippen MR) is 82.7 cm³/mol. The highest BCUT2D eigenvalue weighted by Crippen LogP contribution is 2.18. The number of hydrogen-bond acceptors (Lipinski definition) is 4.